The Morgan fingerprint density at radius 3 is 2.48 bits per heavy atom. The molecule has 0 atom stereocenters. The van der Waals surface area contributed by atoms with Crippen LogP contribution in [0.5, 0.6) is 0 Å². The number of hydrogen-bond donors (Lipinski definition) is 0. The molecule has 0 spiro atoms. The second-order valence-electron chi connectivity index (χ2n) is 5.26. The van der Waals surface area contributed by atoms with Crippen molar-refractivity contribution in [3.63, 3.8) is 0 Å². The van der Waals surface area contributed by atoms with Gasteiger partial charge in [0.2, 0.25) is 5.65 Å². The third kappa shape index (κ3) is 1.96. The zero-order valence-corrected chi connectivity index (χ0v) is 12.3. The SMILES string of the molecule is Cc1ccccc1-n1cnn2c(=O)c3ccccc3nc2c1=O. The number of aromatic nitrogens is 4. The minimum Gasteiger partial charge on any atom is -0.267 e. The summed E-state index contributed by atoms with van der Waals surface area (Å²) < 4.78 is 2.46. The van der Waals surface area contributed by atoms with Crippen LogP contribution in [0, 0.1) is 6.92 Å². The Labute approximate surface area is 130 Å². The molecule has 0 aliphatic rings. The number of rotatable bonds is 1. The summed E-state index contributed by atoms with van der Waals surface area (Å²) in [5.41, 5.74) is 1.42. The highest BCUT2D eigenvalue weighted by Gasteiger charge is 2.12. The van der Waals surface area contributed by atoms with Gasteiger partial charge < -0.3 is 0 Å². The average Bonchev–Trinajstić information content (AvgIpc) is 2.57. The molecule has 0 aliphatic carbocycles. The molecular weight excluding hydrogens is 292 g/mol. The van der Waals surface area contributed by atoms with Gasteiger partial charge in [0.1, 0.15) is 6.33 Å². The number of fused-ring (bicyclic) bond motifs is 2. The van der Waals surface area contributed by atoms with E-state index in [0.29, 0.717) is 10.9 Å². The summed E-state index contributed by atoms with van der Waals surface area (Å²) in [7, 11) is 0. The fourth-order valence-electron chi connectivity index (χ4n) is 2.64. The zero-order chi connectivity index (χ0) is 16.0. The summed E-state index contributed by atoms with van der Waals surface area (Å²) in [5.74, 6) is 0. The van der Waals surface area contributed by atoms with Crippen molar-refractivity contribution in [1.82, 2.24) is 19.2 Å². The molecule has 2 aromatic carbocycles. The van der Waals surface area contributed by atoms with Crippen molar-refractivity contribution in [3.05, 3.63) is 81.1 Å². The maximum atomic E-state index is 12.8. The number of para-hydroxylation sites is 2. The van der Waals surface area contributed by atoms with Crippen LogP contribution in [-0.2, 0) is 0 Å². The molecule has 2 heterocycles. The smallest absolute Gasteiger partial charge is 0.267 e. The van der Waals surface area contributed by atoms with Crippen molar-refractivity contribution in [1.29, 1.82) is 0 Å². The minimum absolute atomic E-state index is 0.0134. The first-order valence-electron chi connectivity index (χ1n) is 7.12. The normalized spacial score (nSPS) is 11.2. The minimum atomic E-state index is -0.378. The maximum absolute atomic E-state index is 12.8. The van der Waals surface area contributed by atoms with E-state index in [1.807, 2.05) is 31.2 Å². The van der Waals surface area contributed by atoms with E-state index in [2.05, 4.69) is 10.1 Å². The third-order valence-electron chi connectivity index (χ3n) is 3.82. The Balaban J connectivity index is 2.14. The van der Waals surface area contributed by atoms with E-state index in [9.17, 15) is 9.59 Å². The maximum Gasteiger partial charge on any atom is 0.301 e. The van der Waals surface area contributed by atoms with Gasteiger partial charge >= 0.3 is 5.56 Å². The lowest BCUT2D eigenvalue weighted by Crippen LogP contribution is -2.29. The van der Waals surface area contributed by atoms with Gasteiger partial charge in [0.25, 0.3) is 5.56 Å². The molecule has 0 aliphatic heterocycles. The Bertz CT molecular complexity index is 1170. The summed E-state index contributed by atoms with van der Waals surface area (Å²) in [6.45, 7) is 1.91. The Morgan fingerprint density at radius 1 is 0.913 bits per heavy atom. The molecule has 0 unspecified atom stereocenters. The number of nitrogens with zero attached hydrogens (tertiary/aromatic N) is 4. The summed E-state index contributed by atoms with van der Waals surface area (Å²) in [6.07, 6.45) is 1.36. The number of benzene rings is 2. The van der Waals surface area contributed by atoms with Crippen LogP contribution in [0.4, 0.5) is 0 Å². The predicted molar refractivity (Wildman–Crippen MR) is 87.1 cm³/mol. The Kier molecular flexibility index (Phi) is 2.84. The van der Waals surface area contributed by atoms with E-state index in [0.717, 1.165) is 15.8 Å². The largest absolute Gasteiger partial charge is 0.301 e. The number of aryl methyl sites for hydroxylation is 1. The van der Waals surface area contributed by atoms with Crippen molar-refractivity contribution in [2.75, 3.05) is 0 Å². The topological polar surface area (TPSA) is 69.3 Å². The van der Waals surface area contributed by atoms with Gasteiger partial charge in [-0.25, -0.2) is 4.98 Å². The lowest BCUT2D eigenvalue weighted by Gasteiger charge is -2.09. The first kappa shape index (κ1) is 13.4. The standard InChI is InChI=1S/C17H12N4O2/c1-11-6-2-5-9-14(11)20-10-18-21-15(17(20)23)19-13-8-4-3-7-12(13)16(21)22/h2-10H,1H3. The highest BCUT2D eigenvalue weighted by atomic mass is 16.1. The van der Waals surface area contributed by atoms with Crippen LogP contribution in [0.1, 0.15) is 5.56 Å². The summed E-state index contributed by atoms with van der Waals surface area (Å²) >= 11 is 0. The average molecular weight is 304 g/mol. The molecule has 0 radical (unpaired) electrons. The van der Waals surface area contributed by atoms with Gasteiger partial charge in [-0.05, 0) is 30.7 Å². The summed E-state index contributed by atoms with van der Waals surface area (Å²) in [5, 5.41) is 4.55. The molecule has 0 saturated heterocycles. The van der Waals surface area contributed by atoms with Gasteiger partial charge in [-0.3, -0.25) is 14.2 Å². The summed E-state index contributed by atoms with van der Waals surface area (Å²) in [6, 6.07) is 14.4. The van der Waals surface area contributed by atoms with Gasteiger partial charge in [0.15, 0.2) is 0 Å². The monoisotopic (exact) mass is 304 g/mol. The fourth-order valence-corrected chi connectivity index (χ4v) is 2.64. The molecule has 4 rings (SSSR count). The van der Waals surface area contributed by atoms with Crippen LogP contribution in [0.3, 0.4) is 0 Å². The molecule has 0 N–H and O–H groups in total. The molecule has 0 bridgehead atoms. The van der Waals surface area contributed by atoms with Crippen LogP contribution in [0.15, 0.2) is 64.4 Å². The highest BCUT2D eigenvalue weighted by molar-refractivity contribution is 5.79. The molecule has 112 valence electrons. The summed E-state index contributed by atoms with van der Waals surface area (Å²) in [4.78, 5) is 29.6. The lowest BCUT2D eigenvalue weighted by molar-refractivity contribution is 0.788. The van der Waals surface area contributed by atoms with Crippen LogP contribution in [-0.4, -0.2) is 19.2 Å². The van der Waals surface area contributed by atoms with E-state index >= 15 is 0 Å². The lowest BCUT2D eigenvalue weighted by atomic mass is 10.2. The molecule has 0 saturated carbocycles. The highest BCUT2D eigenvalue weighted by Crippen LogP contribution is 2.11. The van der Waals surface area contributed by atoms with Gasteiger partial charge in [-0.2, -0.15) is 9.61 Å². The van der Waals surface area contributed by atoms with Crippen molar-refractivity contribution < 1.29 is 0 Å². The molecule has 6 nitrogen and oxygen atoms in total. The second-order valence-corrected chi connectivity index (χ2v) is 5.26. The van der Waals surface area contributed by atoms with Crippen LogP contribution in [0.2, 0.25) is 0 Å². The molecule has 23 heavy (non-hydrogen) atoms. The van der Waals surface area contributed by atoms with Crippen molar-refractivity contribution in [3.8, 4) is 5.69 Å². The van der Waals surface area contributed by atoms with Crippen molar-refractivity contribution in [2.24, 2.45) is 0 Å². The molecule has 2 aromatic heterocycles. The van der Waals surface area contributed by atoms with Gasteiger partial charge in [-0.1, -0.05) is 30.3 Å². The van der Waals surface area contributed by atoms with E-state index in [4.69, 9.17) is 0 Å². The molecule has 6 heteroatoms. The predicted octanol–water partition coefficient (Wildman–Crippen LogP) is 1.70. The second kappa shape index (κ2) is 4.88. The van der Waals surface area contributed by atoms with Crippen molar-refractivity contribution in [2.45, 2.75) is 6.92 Å². The van der Waals surface area contributed by atoms with Crippen LogP contribution < -0.4 is 11.1 Å². The molecule has 4 aromatic rings. The van der Waals surface area contributed by atoms with E-state index in [1.165, 1.54) is 10.9 Å². The third-order valence-corrected chi connectivity index (χ3v) is 3.82. The first-order valence-corrected chi connectivity index (χ1v) is 7.12. The Hall–Kier alpha value is -3.28. The number of hydrogen-bond acceptors (Lipinski definition) is 4. The fraction of sp³-hybridized carbons (Fsp3) is 0.0588. The molecule has 0 amide bonds. The van der Waals surface area contributed by atoms with Crippen molar-refractivity contribution >= 4 is 16.6 Å². The van der Waals surface area contributed by atoms with Gasteiger partial charge in [0, 0.05) is 0 Å². The molecular formula is C17H12N4O2. The Morgan fingerprint density at radius 2 is 1.65 bits per heavy atom. The van der Waals surface area contributed by atoms with Gasteiger partial charge in [-0.15, -0.1) is 0 Å². The quantitative estimate of drug-likeness (QED) is 0.502. The first-order chi connectivity index (χ1) is 11.2. The van der Waals surface area contributed by atoms with E-state index < -0.39 is 0 Å². The zero-order valence-electron chi connectivity index (χ0n) is 12.3. The van der Waals surface area contributed by atoms with E-state index in [1.54, 1.807) is 24.3 Å². The molecule has 0 fully saturated rings. The van der Waals surface area contributed by atoms with Crippen LogP contribution >= 0.6 is 0 Å². The van der Waals surface area contributed by atoms with E-state index in [-0.39, 0.29) is 16.8 Å². The van der Waals surface area contributed by atoms with Crippen LogP contribution in [0.25, 0.3) is 22.2 Å². The van der Waals surface area contributed by atoms with Gasteiger partial charge in [0.05, 0.1) is 16.6 Å².